The Kier molecular flexibility index (Phi) is 5.66. The number of ether oxygens (including phenoxy) is 1. The van der Waals surface area contributed by atoms with E-state index in [2.05, 4.69) is 5.32 Å². The first kappa shape index (κ1) is 17.3. The van der Waals surface area contributed by atoms with Crippen LogP contribution in [0, 0.1) is 6.92 Å². The van der Waals surface area contributed by atoms with E-state index in [1.165, 1.54) is 0 Å². The molecule has 0 saturated heterocycles. The van der Waals surface area contributed by atoms with Crippen molar-refractivity contribution in [2.75, 3.05) is 6.61 Å². The van der Waals surface area contributed by atoms with Gasteiger partial charge >= 0.3 is 5.97 Å². The van der Waals surface area contributed by atoms with Gasteiger partial charge in [-0.1, -0.05) is 24.9 Å². The van der Waals surface area contributed by atoms with Crippen molar-refractivity contribution in [3.63, 3.8) is 0 Å². The van der Waals surface area contributed by atoms with E-state index in [9.17, 15) is 9.59 Å². The number of rotatable bonds is 6. The van der Waals surface area contributed by atoms with Crippen LogP contribution in [0.1, 0.15) is 42.8 Å². The fourth-order valence-corrected chi connectivity index (χ4v) is 2.58. The molecule has 1 atom stereocenters. The van der Waals surface area contributed by atoms with Gasteiger partial charge in [-0.3, -0.25) is 4.79 Å². The number of amides is 1. The molecule has 0 unspecified atom stereocenters. The second-order valence-corrected chi connectivity index (χ2v) is 5.97. The Morgan fingerprint density at radius 1 is 1.39 bits per heavy atom. The molecule has 1 N–H and O–H groups in total. The summed E-state index contributed by atoms with van der Waals surface area (Å²) in [5.41, 5.74) is 1.20. The van der Waals surface area contributed by atoms with Crippen molar-refractivity contribution >= 4 is 34.4 Å². The molecule has 5 nitrogen and oxygen atoms in total. The van der Waals surface area contributed by atoms with Gasteiger partial charge in [-0.05, 0) is 38.5 Å². The number of carbonyl (C=O) groups excluding carboxylic acids is 2. The minimum absolute atomic E-state index is 0.0567. The normalized spacial score (nSPS) is 12.2. The number of benzene rings is 1. The molecule has 1 amide bonds. The van der Waals surface area contributed by atoms with Gasteiger partial charge in [0.25, 0.3) is 5.91 Å². The van der Waals surface area contributed by atoms with Crippen LogP contribution in [0.4, 0.5) is 0 Å². The zero-order valence-corrected chi connectivity index (χ0v) is 14.2. The minimum atomic E-state index is -0.659. The number of nitrogens with one attached hydrogen (secondary N) is 1. The van der Waals surface area contributed by atoms with E-state index in [0.29, 0.717) is 16.2 Å². The van der Waals surface area contributed by atoms with Crippen molar-refractivity contribution in [1.29, 1.82) is 0 Å². The molecule has 0 aliphatic rings. The largest absolute Gasteiger partial charge is 0.450 e. The SMILES string of the molecule is CCC[C@H](C)NC(=O)COC(=O)c1oc2ccc(Cl)cc2c1C. The standard InChI is InChI=1S/C17H20ClNO4/c1-4-5-10(2)19-15(20)9-22-17(21)16-11(3)13-8-12(18)6-7-14(13)23-16/h6-8,10H,4-5,9H2,1-3H3,(H,19,20)/t10-/m0/s1. The highest BCUT2D eigenvalue weighted by Crippen LogP contribution is 2.28. The minimum Gasteiger partial charge on any atom is -0.450 e. The summed E-state index contributed by atoms with van der Waals surface area (Å²) in [6.07, 6.45) is 1.85. The molecule has 2 aromatic rings. The molecule has 2 rings (SSSR count). The average Bonchev–Trinajstić information content (AvgIpc) is 2.82. The zero-order valence-electron chi connectivity index (χ0n) is 13.4. The lowest BCUT2D eigenvalue weighted by Crippen LogP contribution is -2.35. The van der Waals surface area contributed by atoms with Crippen molar-refractivity contribution in [2.24, 2.45) is 0 Å². The first-order chi connectivity index (χ1) is 10.9. The molecule has 0 bridgehead atoms. The Morgan fingerprint density at radius 2 is 2.13 bits per heavy atom. The molecule has 124 valence electrons. The van der Waals surface area contributed by atoms with Gasteiger partial charge in [0.05, 0.1) is 0 Å². The van der Waals surface area contributed by atoms with Crippen LogP contribution in [0.2, 0.25) is 5.02 Å². The number of hydrogen-bond acceptors (Lipinski definition) is 4. The molecule has 1 heterocycles. The quantitative estimate of drug-likeness (QED) is 0.813. The van der Waals surface area contributed by atoms with E-state index in [4.69, 9.17) is 20.8 Å². The fraction of sp³-hybridized carbons (Fsp3) is 0.412. The molecule has 0 fully saturated rings. The van der Waals surface area contributed by atoms with Gasteiger partial charge in [0, 0.05) is 22.0 Å². The van der Waals surface area contributed by atoms with Crippen LogP contribution in [0.5, 0.6) is 0 Å². The van der Waals surface area contributed by atoms with Gasteiger partial charge in [-0.15, -0.1) is 0 Å². The van der Waals surface area contributed by atoms with Gasteiger partial charge in [-0.25, -0.2) is 4.79 Å². The topological polar surface area (TPSA) is 68.5 Å². The molecule has 0 radical (unpaired) electrons. The van der Waals surface area contributed by atoms with Crippen LogP contribution in [-0.4, -0.2) is 24.5 Å². The summed E-state index contributed by atoms with van der Waals surface area (Å²) in [5, 5.41) is 4.09. The van der Waals surface area contributed by atoms with Crippen LogP contribution in [-0.2, 0) is 9.53 Å². The van der Waals surface area contributed by atoms with Crippen molar-refractivity contribution in [1.82, 2.24) is 5.32 Å². The van der Waals surface area contributed by atoms with Crippen LogP contribution in [0.3, 0.4) is 0 Å². The van der Waals surface area contributed by atoms with E-state index in [1.807, 2.05) is 13.8 Å². The predicted molar refractivity (Wildman–Crippen MR) is 88.8 cm³/mol. The summed E-state index contributed by atoms with van der Waals surface area (Å²) in [7, 11) is 0. The van der Waals surface area contributed by atoms with E-state index >= 15 is 0 Å². The third-order valence-corrected chi connectivity index (χ3v) is 3.78. The number of hydrogen-bond donors (Lipinski definition) is 1. The monoisotopic (exact) mass is 337 g/mol. The third kappa shape index (κ3) is 4.26. The summed E-state index contributed by atoms with van der Waals surface area (Å²) < 4.78 is 10.5. The lowest BCUT2D eigenvalue weighted by molar-refractivity contribution is -0.124. The Labute approximate surface area is 139 Å². The Balaban J connectivity index is 2.01. The molecule has 0 saturated carbocycles. The summed E-state index contributed by atoms with van der Waals surface area (Å²) in [6.45, 7) is 5.38. The maximum absolute atomic E-state index is 12.1. The van der Waals surface area contributed by atoms with Gasteiger partial charge < -0.3 is 14.5 Å². The van der Waals surface area contributed by atoms with E-state index < -0.39 is 5.97 Å². The number of fused-ring (bicyclic) bond motifs is 1. The molecule has 0 aliphatic heterocycles. The maximum Gasteiger partial charge on any atom is 0.375 e. The number of aryl methyl sites for hydroxylation is 1. The van der Waals surface area contributed by atoms with Gasteiger partial charge in [-0.2, -0.15) is 0 Å². The van der Waals surface area contributed by atoms with Crippen molar-refractivity contribution in [2.45, 2.75) is 39.7 Å². The lowest BCUT2D eigenvalue weighted by Gasteiger charge is -2.12. The molecule has 0 aliphatic carbocycles. The summed E-state index contributed by atoms with van der Waals surface area (Å²) >= 11 is 5.95. The summed E-state index contributed by atoms with van der Waals surface area (Å²) in [5.74, 6) is -0.888. The van der Waals surface area contributed by atoms with Crippen LogP contribution in [0.25, 0.3) is 11.0 Å². The number of carbonyl (C=O) groups is 2. The highest BCUT2D eigenvalue weighted by atomic mass is 35.5. The lowest BCUT2D eigenvalue weighted by atomic mass is 10.1. The fourth-order valence-electron chi connectivity index (χ4n) is 2.41. The smallest absolute Gasteiger partial charge is 0.375 e. The van der Waals surface area contributed by atoms with Crippen LogP contribution in [0.15, 0.2) is 22.6 Å². The van der Waals surface area contributed by atoms with Gasteiger partial charge in [0.15, 0.2) is 6.61 Å². The van der Waals surface area contributed by atoms with Crippen LogP contribution < -0.4 is 5.32 Å². The molecule has 0 spiro atoms. The summed E-state index contributed by atoms with van der Waals surface area (Å²) in [4.78, 5) is 23.8. The first-order valence-electron chi connectivity index (χ1n) is 7.57. The number of furan rings is 1. The van der Waals surface area contributed by atoms with E-state index in [-0.39, 0.29) is 24.3 Å². The second kappa shape index (κ2) is 7.51. The maximum atomic E-state index is 12.1. The number of halogens is 1. The molecule has 1 aromatic heterocycles. The molecular weight excluding hydrogens is 318 g/mol. The van der Waals surface area contributed by atoms with E-state index in [0.717, 1.165) is 18.2 Å². The highest BCUT2D eigenvalue weighted by molar-refractivity contribution is 6.31. The van der Waals surface area contributed by atoms with Gasteiger partial charge in [0.1, 0.15) is 5.58 Å². The second-order valence-electron chi connectivity index (χ2n) is 5.53. The Hall–Kier alpha value is -2.01. The van der Waals surface area contributed by atoms with Crippen molar-refractivity contribution < 1.29 is 18.7 Å². The molecule has 23 heavy (non-hydrogen) atoms. The average molecular weight is 338 g/mol. The summed E-state index contributed by atoms with van der Waals surface area (Å²) in [6, 6.07) is 5.16. The van der Waals surface area contributed by atoms with Crippen LogP contribution >= 0.6 is 11.6 Å². The number of esters is 1. The van der Waals surface area contributed by atoms with Crippen molar-refractivity contribution in [3.8, 4) is 0 Å². The van der Waals surface area contributed by atoms with Crippen molar-refractivity contribution in [3.05, 3.63) is 34.5 Å². The Morgan fingerprint density at radius 3 is 2.83 bits per heavy atom. The highest BCUT2D eigenvalue weighted by Gasteiger charge is 2.20. The Bertz CT molecular complexity index is 723. The zero-order chi connectivity index (χ0) is 17.0. The first-order valence-corrected chi connectivity index (χ1v) is 7.95. The molecule has 1 aromatic carbocycles. The predicted octanol–water partition coefficient (Wildman–Crippen LogP) is 3.86. The van der Waals surface area contributed by atoms with Gasteiger partial charge in [0.2, 0.25) is 5.76 Å². The molecular formula is C17H20ClNO4. The molecule has 6 heteroatoms. The third-order valence-electron chi connectivity index (χ3n) is 3.55. The van der Waals surface area contributed by atoms with E-state index in [1.54, 1.807) is 25.1 Å².